The number of methoxy groups -OCH3 is 1. The number of nitriles is 1. The lowest BCUT2D eigenvalue weighted by atomic mass is 10.2. The molecule has 0 bridgehead atoms. The molecule has 0 aliphatic rings. The summed E-state index contributed by atoms with van der Waals surface area (Å²) < 4.78 is 51.8. The molecule has 0 saturated heterocycles. The SMILES string of the molecule is COc1c(C#N)cc(S(N)(=O)=O)nc1C(F)F. The van der Waals surface area contributed by atoms with E-state index in [0.717, 1.165) is 13.2 Å². The third-order valence-corrected chi connectivity index (χ3v) is 2.59. The highest BCUT2D eigenvalue weighted by atomic mass is 32.2. The molecule has 2 N–H and O–H groups in total. The van der Waals surface area contributed by atoms with Crippen molar-refractivity contribution in [1.82, 2.24) is 4.98 Å². The Balaban J connectivity index is 3.65. The number of alkyl halides is 2. The lowest BCUT2D eigenvalue weighted by Crippen LogP contribution is -2.16. The number of aromatic nitrogens is 1. The van der Waals surface area contributed by atoms with E-state index in [1.807, 2.05) is 0 Å². The zero-order valence-electron chi connectivity index (χ0n) is 8.52. The van der Waals surface area contributed by atoms with Crippen molar-refractivity contribution < 1.29 is 21.9 Å². The van der Waals surface area contributed by atoms with Gasteiger partial charge in [0.25, 0.3) is 16.4 Å². The average Bonchev–Trinajstić information content (AvgIpc) is 2.25. The second-order valence-corrected chi connectivity index (χ2v) is 4.39. The summed E-state index contributed by atoms with van der Waals surface area (Å²) in [4.78, 5) is 3.18. The Kier molecular flexibility index (Phi) is 3.59. The predicted octanol–water partition coefficient (Wildman–Crippen LogP) is 0.547. The van der Waals surface area contributed by atoms with Crippen LogP contribution >= 0.6 is 0 Å². The van der Waals surface area contributed by atoms with Crippen LogP contribution in [0.3, 0.4) is 0 Å². The second kappa shape index (κ2) is 4.60. The molecule has 6 nitrogen and oxygen atoms in total. The molecule has 0 aliphatic heterocycles. The van der Waals surface area contributed by atoms with Crippen molar-refractivity contribution in [2.45, 2.75) is 11.5 Å². The van der Waals surface area contributed by atoms with Gasteiger partial charge in [-0.2, -0.15) is 5.26 Å². The van der Waals surface area contributed by atoms with E-state index < -0.39 is 32.9 Å². The quantitative estimate of drug-likeness (QED) is 0.856. The molecule has 1 aromatic rings. The molecule has 0 unspecified atom stereocenters. The predicted molar refractivity (Wildman–Crippen MR) is 51.8 cm³/mol. The summed E-state index contributed by atoms with van der Waals surface area (Å²) in [6.45, 7) is 0. The molecular formula is C8H7F2N3O3S. The maximum Gasteiger partial charge on any atom is 0.284 e. The van der Waals surface area contributed by atoms with Crippen molar-refractivity contribution in [3.8, 4) is 11.8 Å². The molecule has 92 valence electrons. The number of primary sulfonamides is 1. The Bertz CT molecular complexity index is 580. The van der Waals surface area contributed by atoms with Crippen LogP contribution in [0.1, 0.15) is 17.7 Å². The van der Waals surface area contributed by atoms with Crippen molar-refractivity contribution in [3.63, 3.8) is 0 Å². The Morgan fingerprint density at radius 3 is 2.53 bits per heavy atom. The molecule has 0 radical (unpaired) electrons. The fourth-order valence-corrected chi connectivity index (χ4v) is 1.63. The average molecular weight is 263 g/mol. The van der Waals surface area contributed by atoms with Crippen LogP contribution in [0.5, 0.6) is 5.75 Å². The molecular weight excluding hydrogens is 256 g/mol. The first kappa shape index (κ1) is 13.3. The number of ether oxygens (including phenoxy) is 1. The van der Waals surface area contributed by atoms with Crippen LogP contribution < -0.4 is 9.88 Å². The summed E-state index contributed by atoms with van der Waals surface area (Å²) in [5.74, 6) is -0.463. The van der Waals surface area contributed by atoms with Gasteiger partial charge in [0.2, 0.25) is 0 Å². The van der Waals surface area contributed by atoms with Gasteiger partial charge in [-0.05, 0) is 6.07 Å². The van der Waals surface area contributed by atoms with Gasteiger partial charge in [-0.1, -0.05) is 0 Å². The lowest BCUT2D eigenvalue weighted by Gasteiger charge is -2.09. The van der Waals surface area contributed by atoms with Crippen molar-refractivity contribution in [2.24, 2.45) is 5.14 Å². The van der Waals surface area contributed by atoms with Gasteiger partial charge in [0.15, 0.2) is 16.5 Å². The number of halogens is 2. The number of hydrogen-bond donors (Lipinski definition) is 1. The lowest BCUT2D eigenvalue weighted by molar-refractivity contribution is 0.140. The van der Waals surface area contributed by atoms with Gasteiger partial charge in [0, 0.05) is 0 Å². The van der Waals surface area contributed by atoms with Gasteiger partial charge in [-0.25, -0.2) is 27.3 Å². The van der Waals surface area contributed by atoms with Gasteiger partial charge in [-0.3, -0.25) is 0 Å². The number of hydrogen-bond acceptors (Lipinski definition) is 5. The molecule has 9 heteroatoms. The monoisotopic (exact) mass is 263 g/mol. The molecule has 0 saturated carbocycles. The summed E-state index contributed by atoms with van der Waals surface area (Å²) in [6, 6.07) is 2.31. The van der Waals surface area contributed by atoms with E-state index in [1.54, 1.807) is 0 Å². The summed E-state index contributed by atoms with van der Waals surface area (Å²) in [7, 11) is -3.20. The highest BCUT2D eigenvalue weighted by molar-refractivity contribution is 7.89. The number of nitrogens with two attached hydrogens (primary N) is 1. The summed E-state index contributed by atoms with van der Waals surface area (Å²) in [5, 5.41) is 12.7. The Labute approximate surface area is 95.7 Å². The molecule has 0 amide bonds. The van der Waals surface area contributed by atoms with Crippen LogP contribution in [0.15, 0.2) is 11.1 Å². The highest BCUT2D eigenvalue weighted by Crippen LogP contribution is 2.31. The fourth-order valence-electron chi connectivity index (χ4n) is 1.12. The fraction of sp³-hybridized carbons (Fsp3) is 0.250. The van der Waals surface area contributed by atoms with E-state index >= 15 is 0 Å². The van der Waals surface area contributed by atoms with Crippen LogP contribution in [-0.4, -0.2) is 20.5 Å². The van der Waals surface area contributed by atoms with Gasteiger partial charge >= 0.3 is 0 Å². The number of sulfonamides is 1. The molecule has 0 spiro atoms. The van der Waals surface area contributed by atoms with Crippen molar-refractivity contribution in [1.29, 1.82) is 5.26 Å². The van der Waals surface area contributed by atoms with E-state index in [-0.39, 0.29) is 5.56 Å². The Hall–Kier alpha value is -1.79. The molecule has 0 aliphatic carbocycles. The van der Waals surface area contributed by atoms with Gasteiger partial charge in [0.05, 0.1) is 12.7 Å². The second-order valence-electron chi connectivity index (χ2n) is 2.88. The minimum absolute atomic E-state index is 0.373. The molecule has 1 rings (SSSR count). The van der Waals surface area contributed by atoms with Crippen molar-refractivity contribution in [3.05, 3.63) is 17.3 Å². The van der Waals surface area contributed by atoms with Crippen LogP contribution in [0, 0.1) is 11.3 Å². The molecule has 0 aromatic carbocycles. The molecule has 0 fully saturated rings. The molecule has 1 heterocycles. The van der Waals surface area contributed by atoms with E-state index in [1.165, 1.54) is 6.07 Å². The zero-order chi connectivity index (χ0) is 13.2. The van der Waals surface area contributed by atoms with E-state index in [9.17, 15) is 17.2 Å². The topological polar surface area (TPSA) is 106 Å². The van der Waals surface area contributed by atoms with Crippen molar-refractivity contribution >= 4 is 10.0 Å². The van der Waals surface area contributed by atoms with E-state index in [4.69, 9.17) is 10.4 Å². The Morgan fingerprint density at radius 2 is 2.18 bits per heavy atom. The van der Waals surface area contributed by atoms with Crippen molar-refractivity contribution in [2.75, 3.05) is 7.11 Å². The van der Waals surface area contributed by atoms with Gasteiger partial charge in [0.1, 0.15) is 6.07 Å². The van der Waals surface area contributed by atoms with Crippen LogP contribution in [0.4, 0.5) is 8.78 Å². The van der Waals surface area contributed by atoms with Gasteiger partial charge < -0.3 is 4.74 Å². The first-order valence-electron chi connectivity index (χ1n) is 4.11. The number of pyridine rings is 1. The maximum absolute atomic E-state index is 12.6. The first-order chi connectivity index (χ1) is 7.81. The molecule has 17 heavy (non-hydrogen) atoms. The van der Waals surface area contributed by atoms with Crippen LogP contribution in [-0.2, 0) is 10.0 Å². The third-order valence-electron chi connectivity index (χ3n) is 1.80. The largest absolute Gasteiger partial charge is 0.493 e. The van der Waals surface area contributed by atoms with E-state index in [0.29, 0.717) is 0 Å². The normalized spacial score (nSPS) is 11.3. The summed E-state index contributed by atoms with van der Waals surface area (Å²) in [5.41, 5.74) is -1.31. The van der Waals surface area contributed by atoms with Crippen LogP contribution in [0.25, 0.3) is 0 Å². The smallest absolute Gasteiger partial charge is 0.284 e. The van der Waals surface area contributed by atoms with Crippen LogP contribution in [0.2, 0.25) is 0 Å². The molecule has 0 atom stereocenters. The molecule has 1 aromatic heterocycles. The summed E-state index contributed by atoms with van der Waals surface area (Å²) >= 11 is 0. The minimum Gasteiger partial charge on any atom is -0.493 e. The zero-order valence-corrected chi connectivity index (χ0v) is 9.33. The standard InChI is InChI=1S/C8H7F2N3O3S/c1-16-7-4(3-11)2-5(17(12,14)15)13-6(7)8(9)10/h2,8H,1H3,(H2,12,14,15). The maximum atomic E-state index is 12.6. The number of rotatable bonds is 3. The Morgan fingerprint density at radius 1 is 1.59 bits per heavy atom. The highest BCUT2D eigenvalue weighted by Gasteiger charge is 2.24. The van der Waals surface area contributed by atoms with E-state index in [2.05, 4.69) is 9.72 Å². The van der Waals surface area contributed by atoms with Gasteiger partial charge in [-0.15, -0.1) is 0 Å². The summed E-state index contributed by atoms with van der Waals surface area (Å²) in [6.07, 6.45) is -3.08. The first-order valence-corrected chi connectivity index (χ1v) is 5.66. The number of nitrogens with zero attached hydrogens (tertiary/aromatic N) is 2. The minimum atomic E-state index is -4.27. The third kappa shape index (κ3) is 2.66.